The molecule has 0 saturated carbocycles. The number of carbonyl (C=O) groups is 1. The molecule has 0 aromatic heterocycles. The van der Waals surface area contributed by atoms with Crippen LogP contribution in [0, 0.1) is 15.9 Å². The third-order valence-electron chi connectivity index (χ3n) is 3.46. The van der Waals surface area contributed by atoms with E-state index in [2.05, 4.69) is 4.84 Å². The number of rotatable bonds is 7. The van der Waals surface area contributed by atoms with Gasteiger partial charge < -0.3 is 9.57 Å². The van der Waals surface area contributed by atoms with Crippen LogP contribution in [0.1, 0.15) is 18.4 Å². The molecular formula is C17H16FNO5. The maximum Gasteiger partial charge on any atom is 0.313 e. The summed E-state index contributed by atoms with van der Waals surface area (Å²) >= 11 is 0. The summed E-state index contributed by atoms with van der Waals surface area (Å²) in [5.74, 6) is -1.73. The van der Waals surface area contributed by atoms with Gasteiger partial charge in [0.2, 0.25) is 0 Å². The van der Waals surface area contributed by atoms with E-state index >= 15 is 0 Å². The fraction of sp³-hybridized carbons (Fsp3) is 0.235. The Morgan fingerprint density at radius 3 is 2.54 bits per heavy atom. The van der Waals surface area contributed by atoms with E-state index in [-0.39, 0.29) is 13.2 Å². The minimum atomic E-state index is -0.963. The molecule has 24 heavy (non-hydrogen) atoms. The highest BCUT2D eigenvalue weighted by Crippen LogP contribution is 2.26. The maximum atomic E-state index is 14.3. The van der Waals surface area contributed by atoms with E-state index in [1.165, 1.54) is 6.07 Å². The Morgan fingerprint density at radius 1 is 1.21 bits per heavy atom. The third kappa shape index (κ3) is 4.52. The van der Waals surface area contributed by atoms with Crippen molar-refractivity contribution in [1.82, 2.24) is 0 Å². The monoisotopic (exact) mass is 333 g/mol. The molecule has 6 nitrogen and oxygen atoms in total. The molecule has 7 heteroatoms. The van der Waals surface area contributed by atoms with Crippen LogP contribution in [0.3, 0.4) is 0 Å². The Bertz CT molecular complexity index is 720. The van der Waals surface area contributed by atoms with Gasteiger partial charge in [-0.15, -0.1) is 10.1 Å². The van der Waals surface area contributed by atoms with Crippen molar-refractivity contribution in [3.05, 3.63) is 70.0 Å². The van der Waals surface area contributed by atoms with E-state index in [4.69, 9.17) is 4.74 Å². The van der Waals surface area contributed by atoms with Gasteiger partial charge in [-0.25, -0.2) is 4.39 Å². The van der Waals surface area contributed by atoms with Crippen LogP contribution in [0.15, 0.2) is 48.5 Å². The smallest absolute Gasteiger partial charge is 0.313 e. The summed E-state index contributed by atoms with van der Waals surface area (Å²) in [4.78, 5) is 25.9. The number of esters is 1. The lowest BCUT2D eigenvalue weighted by Gasteiger charge is -2.13. The number of ether oxygens (including phenoxy) is 1. The molecule has 0 bridgehead atoms. The van der Waals surface area contributed by atoms with E-state index < -0.39 is 22.8 Å². The highest BCUT2D eigenvalue weighted by atomic mass is 19.1. The Kier molecular flexibility index (Phi) is 5.83. The van der Waals surface area contributed by atoms with Crippen molar-refractivity contribution >= 4 is 5.97 Å². The molecule has 126 valence electrons. The Hall–Kier alpha value is -2.96. The number of benzene rings is 2. The lowest BCUT2D eigenvalue weighted by Crippen LogP contribution is -2.17. The zero-order valence-electron chi connectivity index (χ0n) is 13.0. The van der Waals surface area contributed by atoms with Crippen molar-refractivity contribution in [2.45, 2.75) is 12.8 Å². The molecule has 0 heterocycles. The minimum Gasteiger partial charge on any atom is -0.463 e. The van der Waals surface area contributed by atoms with Gasteiger partial charge in [-0.2, -0.15) is 0 Å². The second kappa shape index (κ2) is 8.05. The predicted octanol–water partition coefficient (Wildman–Crippen LogP) is 3.35. The summed E-state index contributed by atoms with van der Waals surface area (Å²) in [5, 5.41) is 9.02. The molecule has 0 spiro atoms. The van der Waals surface area contributed by atoms with Crippen LogP contribution in [0.4, 0.5) is 4.39 Å². The number of hydrogen-bond donors (Lipinski definition) is 0. The van der Waals surface area contributed by atoms with Crippen molar-refractivity contribution in [2.24, 2.45) is 0 Å². The molecule has 0 saturated heterocycles. The molecule has 1 unspecified atom stereocenters. The zero-order chi connectivity index (χ0) is 17.5. The van der Waals surface area contributed by atoms with E-state index in [1.807, 2.05) is 18.2 Å². The minimum absolute atomic E-state index is 0.241. The lowest BCUT2D eigenvalue weighted by molar-refractivity contribution is -0.757. The number of nitrogens with zero attached hydrogens (tertiary/aromatic N) is 1. The van der Waals surface area contributed by atoms with Crippen LogP contribution in [0.2, 0.25) is 0 Å². The highest BCUT2D eigenvalue weighted by Gasteiger charge is 2.18. The molecule has 1 atom stereocenters. The Labute approximate surface area is 137 Å². The van der Waals surface area contributed by atoms with E-state index in [0.717, 1.165) is 5.56 Å². The molecule has 0 aliphatic rings. The van der Waals surface area contributed by atoms with Gasteiger partial charge in [0.25, 0.3) is 5.09 Å². The first-order valence-corrected chi connectivity index (χ1v) is 7.28. The second-order valence-corrected chi connectivity index (χ2v) is 5.05. The van der Waals surface area contributed by atoms with E-state index in [9.17, 15) is 19.3 Å². The van der Waals surface area contributed by atoms with Gasteiger partial charge in [-0.3, -0.25) is 4.79 Å². The van der Waals surface area contributed by atoms with Gasteiger partial charge in [0.1, 0.15) is 19.0 Å². The fourth-order valence-corrected chi connectivity index (χ4v) is 2.17. The van der Waals surface area contributed by atoms with E-state index in [0.29, 0.717) is 11.1 Å². The van der Waals surface area contributed by atoms with Gasteiger partial charge in [0.05, 0.1) is 5.92 Å². The number of hydrogen-bond acceptors (Lipinski definition) is 5. The fourth-order valence-electron chi connectivity index (χ4n) is 2.17. The molecule has 0 radical (unpaired) electrons. The first-order chi connectivity index (χ1) is 11.5. The zero-order valence-corrected chi connectivity index (χ0v) is 13.0. The maximum absolute atomic E-state index is 14.3. The van der Waals surface area contributed by atoms with Crippen LogP contribution in [0.25, 0.3) is 11.1 Å². The van der Waals surface area contributed by atoms with Crippen molar-refractivity contribution in [2.75, 3.05) is 13.2 Å². The summed E-state index contributed by atoms with van der Waals surface area (Å²) in [6.07, 6.45) is 0. The Balaban J connectivity index is 2.02. The molecular weight excluding hydrogens is 317 g/mol. The summed E-state index contributed by atoms with van der Waals surface area (Å²) in [6.45, 7) is 0.995. The van der Waals surface area contributed by atoms with Crippen LogP contribution in [-0.2, 0) is 14.4 Å². The Morgan fingerprint density at radius 2 is 1.92 bits per heavy atom. The SMILES string of the molecule is CC(C(=O)OCCO[N+](=O)[O-])c1ccc(-c2ccccc2)c(F)c1. The van der Waals surface area contributed by atoms with Crippen molar-refractivity contribution in [3.8, 4) is 11.1 Å². The molecule has 2 aromatic rings. The standard InChI is InChI=1S/C17H16FNO5/c1-12(17(20)23-9-10-24-19(21)22)14-7-8-15(16(18)11-14)13-5-3-2-4-6-13/h2-8,11-12H,9-10H2,1H3. The first kappa shape index (κ1) is 17.4. The molecule has 0 aliphatic carbocycles. The second-order valence-electron chi connectivity index (χ2n) is 5.05. The summed E-state index contributed by atoms with van der Waals surface area (Å²) in [6, 6.07) is 13.6. The highest BCUT2D eigenvalue weighted by molar-refractivity contribution is 5.78. The van der Waals surface area contributed by atoms with Crippen LogP contribution < -0.4 is 0 Å². The van der Waals surface area contributed by atoms with Crippen molar-refractivity contribution in [3.63, 3.8) is 0 Å². The van der Waals surface area contributed by atoms with E-state index in [1.54, 1.807) is 31.2 Å². The molecule has 0 fully saturated rings. The molecule has 0 amide bonds. The lowest BCUT2D eigenvalue weighted by atomic mass is 9.97. The molecule has 0 aliphatic heterocycles. The van der Waals surface area contributed by atoms with Crippen molar-refractivity contribution in [1.29, 1.82) is 0 Å². The molecule has 0 N–H and O–H groups in total. The van der Waals surface area contributed by atoms with Crippen molar-refractivity contribution < 1.29 is 23.8 Å². The van der Waals surface area contributed by atoms with Crippen LogP contribution >= 0.6 is 0 Å². The van der Waals surface area contributed by atoms with Crippen LogP contribution in [-0.4, -0.2) is 24.3 Å². The first-order valence-electron chi connectivity index (χ1n) is 7.28. The van der Waals surface area contributed by atoms with Gasteiger partial charge in [0.15, 0.2) is 0 Å². The van der Waals surface area contributed by atoms with Crippen LogP contribution in [0.5, 0.6) is 0 Å². The summed E-state index contributed by atoms with van der Waals surface area (Å²) in [5.41, 5.74) is 1.65. The third-order valence-corrected chi connectivity index (χ3v) is 3.46. The van der Waals surface area contributed by atoms with Gasteiger partial charge in [-0.05, 0) is 24.1 Å². The average Bonchev–Trinajstić information content (AvgIpc) is 2.58. The van der Waals surface area contributed by atoms with Gasteiger partial charge in [-0.1, -0.05) is 42.5 Å². The normalized spacial score (nSPS) is 11.6. The summed E-state index contributed by atoms with van der Waals surface area (Å²) < 4.78 is 19.2. The predicted molar refractivity (Wildman–Crippen MR) is 84.2 cm³/mol. The number of carbonyl (C=O) groups excluding carboxylic acids is 1. The number of halogens is 1. The summed E-state index contributed by atoms with van der Waals surface area (Å²) in [7, 11) is 0. The largest absolute Gasteiger partial charge is 0.463 e. The molecule has 2 rings (SSSR count). The quantitative estimate of drug-likeness (QED) is 0.336. The topological polar surface area (TPSA) is 78.7 Å². The van der Waals surface area contributed by atoms with Gasteiger partial charge in [0, 0.05) is 5.56 Å². The van der Waals surface area contributed by atoms with Gasteiger partial charge >= 0.3 is 5.97 Å². The average molecular weight is 333 g/mol. The molecule has 2 aromatic carbocycles.